The minimum Gasteiger partial charge on any atom is -0.381 e. The Morgan fingerprint density at radius 2 is 1.33 bits per heavy atom. The smallest absolute Gasteiger partial charge is 0.156 e. The molecule has 0 aromatic carbocycles. The van der Waals surface area contributed by atoms with Gasteiger partial charge < -0.3 is 19.3 Å². The lowest BCUT2D eigenvalue weighted by Gasteiger charge is -2.12. The van der Waals surface area contributed by atoms with Crippen molar-refractivity contribution in [2.45, 2.75) is 58.7 Å². The molecule has 0 saturated heterocycles. The molecule has 0 spiro atoms. The average molecular weight is 262 g/mol. The summed E-state index contributed by atoms with van der Waals surface area (Å²) < 4.78 is 16.0. The van der Waals surface area contributed by atoms with Crippen LogP contribution in [0, 0.1) is 0 Å². The highest BCUT2D eigenvalue weighted by molar-refractivity contribution is 4.43. The van der Waals surface area contributed by atoms with E-state index in [4.69, 9.17) is 14.2 Å². The highest BCUT2D eigenvalue weighted by atomic mass is 16.6. The summed E-state index contributed by atoms with van der Waals surface area (Å²) in [5.41, 5.74) is 0. The highest BCUT2D eigenvalue weighted by Crippen LogP contribution is 1.98. The fourth-order valence-electron chi connectivity index (χ4n) is 1.34. The molecule has 4 heteroatoms. The third-order valence-electron chi connectivity index (χ3n) is 2.54. The van der Waals surface area contributed by atoms with Gasteiger partial charge in [0.05, 0.1) is 13.2 Å². The first kappa shape index (κ1) is 17.8. The molecule has 1 N–H and O–H groups in total. The van der Waals surface area contributed by atoms with Gasteiger partial charge >= 0.3 is 0 Å². The van der Waals surface area contributed by atoms with E-state index in [-0.39, 0.29) is 0 Å². The third kappa shape index (κ3) is 13.9. The first-order chi connectivity index (χ1) is 8.81. The summed E-state index contributed by atoms with van der Waals surface area (Å²) in [6, 6.07) is 0. The van der Waals surface area contributed by atoms with Crippen LogP contribution in [0.5, 0.6) is 0 Å². The molecule has 0 fully saturated rings. The fourth-order valence-corrected chi connectivity index (χ4v) is 1.34. The number of aliphatic hydroxyl groups is 1. The van der Waals surface area contributed by atoms with Gasteiger partial charge in [-0.2, -0.15) is 0 Å². The minimum atomic E-state index is -0.706. The molecule has 0 aliphatic carbocycles. The van der Waals surface area contributed by atoms with Gasteiger partial charge in [0.25, 0.3) is 0 Å². The monoisotopic (exact) mass is 262 g/mol. The molecule has 0 aliphatic rings. The molecule has 0 heterocycles. The standard InChI is InChI=1S/C14H30O4/c1-3-5-9-16-11-7-12-18-14(15)8-13-17-10-6-4-2/h14-15H,3-13H2,1-2H3. The maximum atomic E-state index is 9.50. The van der Waals surface area contributed by atoms with Crippen molar-refractivity contribution in [2.75, 3.05) is 33.0 Å². The summed E-state index contributed by atoms with van der Waals surface area (Å²) >= 11 is 0. The Balaban J connectivity index is 3.09. The van der Waals surface area contributed by atoms with Crippen molar-refractivity contribution in [3.05, 3.63) is 0 Å². The largest absolute Gasteiger partial charge is 0.381 e. The lowest BCUT2D eigenvalue weighted by atomic mass is 10.3. The Morgan fingerprint density at radius 3 is 1.94 bits per heavy atom. The van der Waals surface area contributed by atoms with Gasteiger partial charge in [-0.1, -0.05) is 26.7 Å². The Labute approximate surface area is 112 Å². The number of hydrogen-bond acceptors (Lipinski definition) is 4. The van der Waals surface area contributed by atoms with E-state index in [1.807, 2.05) is 0 Å². The molecule has 110 valence electrons. The van der Waals surface area contributed by atoms with E-state index in [1.165, 1.54) is 0 Å². The third-order valence-corrected chi connectivity index (χ3v) is 2.54. The Hall–Kier alpha value is -0.160. The second-order valence-electron chi connectivity index (χ2n) is 4.40. The predicted octanol–water partition coefficient (Wildman–Crippen LogP) is 2.74. The summed E-state index contributed by atoms with van der Waals surface area (Å²) in [6.45, 7) is 7.68. The molecule has 0 aromatic heterocycles. The molecule has 0 radical (unpaired) electrons. The second-order valence-corrected chi connectivity index (χ2v) is 4.40. The van der Waals surface area contributed by atoms with Crippen LogP contribution in [0.15, 0.2) is 0 Å². The van der Waals surface area contributed by atoms with Gasteiger partial charge in [0.15, 0.2) is 6.29 Å². The number of rotatable bonds is 14. The summed E-state index contributed by atoms with van der Waals surface area (Å²) in [5.74, 6) is 0. The van der Waals surface area contributed by atoms with Gasteiger partial charge in [-0.15, -0.1) is 0 Å². The Kier molecular flexibility index (Phi) is 14.8. The molecule has 1 atom stereocenters. The van der Waals surface area contributed by atoms with Gasteiger partial charge in [0.2, 0.25) is 0 Å². The van der Waals surface area contributed by atoms with Crippen LogP contribution in [0.4, 0.5) is 0 Å². The quantitative estimate of drug-likeness (QED) is 0.386. The summed E-state index contributed by atoms with van der Waals surface area (Å²) in [4.78, 5) is 0. The molecule has 0 saturated carbocycles. The summed E-state index contributed by atoms with van der Waals surface area (Å²) in [6.07, 6.45) is 5.15. The van der Waals surface area contributed by atoms with Crippen LogP contribution in [0.1, 0.15) is 52.4 Å². The van der Waals surface area contributed by atoms with E-state index in [0.717, 1.165) is 45.3 Å². The predicted molar refractivity (Wildman–Crippen MR) is 72.6 cm³/mol. The van der Waals surface area contributed by atoms with Crippen molar-refractivity contribution in [3.8, 4) is 0 Å². The first-order valence-electron chi connectivity index (χ1n) is 7.26. The van der Waals surface area contributed by atoms with Crippen LogP contribution < -0.4 is 0 Å². The first-order valence-corrected chi connectivity index (χ1v) is 7.26. The molecule has 0 bridgehead atoms. The summed E-state index contributed by atoms with van der Waals surface area (Å²) in [5, 5.41) is 9.50. The molecular formula is C14H30O4. The number of unbranched alkanes of at least 4 members (excludes halogenated alkanes) is 2. The van der Waals surface area contributed by atoms with Crippen molar-refractivity contribution in [1.29, 1.82) is 0 Å². The maximum absolute atomic E-state index is 9.50. The van der Waals surface area contributed by atoms with Crippen LogP contribution in [-0.2, 0) is 14.2 Å². The molecule has 0 amide bonds. The molecule has 0 rings (SSSR count). The fraction of sp³-hybridized carbons (Fsp3) is 1.00. The van der Waals surface area contributed by atoms with Crippen LogP contribution in [0.3, 0.4) is 0 Å². The molecule has 1 unspecified atom stereocenters. The van der Waals surface area contributed by atoms with E-state index < -0.39 is 6.29 Å². The number of aliphatic hydroxyl groups excluding tert-OH is 1. The SMILES string of the molecule is CCCCOCCCOC(O)CCOCCCC. The van der Waals surface area contributed by atoms with E-state index >= 15 is 0 Å². The number of hydrogen-bond donors (Lipinski definition) is 1. The van der Waals surface area contributed by atoms with Crippen molar-refractivity contribution in [3.63, 3.8) is 0 Å². The van der Waals surface area contributed by atoms with Crippen LogP contribution in [-0.4, -0.2) is 44.4 Å². The van der Waals surface area contributed by atoms with Gasteiger partial charge in [0, 0.05) is 26.2 Å². The van der Waals surface area contributed by atoms with Crippen LogP contribution >= 0.6 is 0 Å². The lowest BCUT2D eigenvalue weighted by molar-refractivity contribution is -0.115. The molecule has 0 aromatic rings. The van der Waals surface area contributed by atoms with E-state index in [1.54, 1.807) is 0 Å². The summed E-state index contributed by atoms with van der Waals surface area (Å²) in [7, 11) is 0. The van der Waals surface area contributed by atoms with Crippen molar-refractivity contribution in [2.24, 2.45) is 0 Å². The Morgan fingerprint density at radius 1 is 0.778 bits per heavy atom. The maximum Gasteiger partial charge on any atom is 0.156 e. The van der Waals surface area contributed by atoms with Gasteiger partial charge in [-0.3, -0.25) is 0 Å². The van der Waals surface area contributed by atoms with Gasteiger partial charge in [0.1, 0.15) is 0 Å². The molecule has 18 heavy (non-hydrogen) atoms. The van der Waals surface area contributed by atoms with E-state index in [0.29, 0.717) is 26.2 Å². The number of ether oxygens (including phenoxy) is 3. The zero-order chi connectivity index (χ0) is 13.5. The van der Waals surface area contributed by atoms with Gasteiger partial charge in [-0.25, -0.2) is 0 Å². The molecule has 0 aliphatic heterocycles. The highest BCUT2D eigenvalue weighted by Gasteiger charge is 2.03. The van der Waals surface area contributed by atoms with Crippen molar-refractivity contribution in [1.82, 2.24) is 0 Å². The zero-order valence-corrected chi connectivity index (χ0v) is 12.0. The molecule has 4 nitrogen and oxygen atoms in total. The normalized spacial score (nSPS) is 12.8. The van der Waals surface area contributed by atoms with Crippen molar-refractivity contribution < 1.29 is 19.3 Å². The van der Waals surface area contributed by atoms with Crippen LogP contribution in [0.25, 0.3) is 0 Å². The lowest BCUT2D eigenvalue weighted by Crippen LogP contribution is -2.16. The van der Waals surface area contributed by atoms with Gasteiger partial charge in [-0.05, 0) is 19.3 Å². The average Bonchev–Trinajstić information content (AvgIpc) is 2.37. The van der Waals surface area contributed by atoms with E-state index in [2.05, 4.69) is 13.8 Å². The minimum absolute atomic E-state index is 0.542. The Bertz CT molecular complexity index is 153. The second kappa shape index (κ2) is 14.9. The van der Waals surface area contributed by atoms with Crippen molar-refractivity contribution >= 4 is 0 Å². The topological polar surface area (TPSA) is 47.9 Å². The molecular weight excluding hydrogens is 232 g/mol. The van der Waals surface area contributed by atoms with E-state index in [9.17, 15) is 5.11 Å². The van der Waals surface area contributed by atoms with Crippen LogP contribution in [0.2, 0.25) is 0 Å². The zero-order valence-electron chi connectivity index (χ0n) is 12.0.